The van der Waals surface area contributed by atoms with E-state index in [0.29, 0.717) is 6.54 Å². The van der Waals surface area contributed by atoms with Crippen LogP contribution in [0.2, 0.25) is 0 Å². The van der Waals surface area contributed by atoms with Crippen LogP contribution in [-0.2, 0) is 6.54 Å². The van der Waals surface area contributed by atoms with Crippen molar-refractivity contribution < 1.29 is 9.90 Å². The molecule has 0 saturated heterocycles. The molecule has 0 aliphatic heterocycles. The fourth-order valence-corrected chi connectivity index (χ4v) is 1.77. The summed E-state index contributed by atoms with van der Waals surface area (Å²) in [5.74, 6) is -0.375. The summed E-state index contributed by atoms with van der Waals surface area (Å²) in [5, 5.41) is 9.61. The highest BCUT2D eigenvalue weighted by Crippen LogP contribution is 2.16. The summed E-state index contributed by atoms with van der Waals surface area (Å²) in [6.07, 6.45) is 2.73. The van der Waals surface area contributed by atoms with Crippen molar-refractivity contribution >= 4 is 5.91 Å². The van der Waals surface area contributed by atoms with E-state index in [1.165, 1.54) is 23.4 Å². The molecule has 2 aromatic rings. The number of aryl methyl sites for hydroxylation is 1. The van der Waals surface area contributed by atoms with Gasteiger partial charge in [0.15, 0.2) is 0 Å². The largest absolute Gasteiger partial charge is 0.505 e. The molecule has 5 heteroatoms. The summed E-state index contributed by atoms with van der Waals surface area (Å²) >= 11 is 0. The molecule has 0 aliphatic carbocycles. The molecule has 0 aliphatic rings. The minimum Gasteiger partial charge on any atom is -0.505 e. The van der Waals surface area contributed by atoms with Crippen molar-refractivity contribution in [2.45, 2.75) is 13.5 Å². The number of hydrogen-bond donors (Lipinski definition) is 1. The molecule has 0 spiro atoms. The van der Waals surface area contributed by atoms with Crippen molar-refractivity contribution in [1.82, 2.24) is 14.9 Å². The van der Waals surface area contributed by atoms with Crippen LogP contribution in [0, 0.1) is 6.92 Å². The van der Waals surface area contributed by atoms with Gasteiger partial charge >= 0.3 is 0 Å². The van der Waals surface area contributed by atoms with Gasteiger partial charge in [-0.3, -0.25) is 14.8 Å². The van der Waals surface area contributed by atoms with Gasteiger partial charge in [-0.05, 0) is 25.1 Å². The summed E-state index contributed by atoms with van der Waals surface area (Å²) in [6, 6.07) is 7.17. The van der Waals surface area contributed by atoms with Crippen molar-refractivity contribution in [2.24, 2.45) is 0 Å². The number of nitrogens with zero attached hydrogens (tertiary/aromatic N) is 3. The molecule has 0 bridgehead atoms. The van der Waals surface area contributed by atoms with E-state index in [1.807, 2.05) is 25.1 Å². The van der Waals surface area contributed by atoms with Crippen molar-refractivity contribution in [1.29, 1.82) is 0 Å². The summed E-state index contributed by atoms with van der Waals surface area (Å²) < 4.78 is 0. The van der Waals surface area contributed by atoms with Crippen LogP contribution >= 0.6 is 0 Å². The van der Waals surface area contributed by atoms with E-state index in [1.54, 1.807) is 7.05 Å². The van der Waals surface area contributed by atoms with Crippen LogP contribution in [0.5, 0.6) is 5.75 Å². The van der Waals surface area contributed by atoms with Gasteiger partial charge in [-0.1, -0.05) is 6.07 Å². The number of aromatic nitrogens is 2. The topological polar surface area (TPSA) is 66.3 Å². The summed E-state index contributed by atoms with van der Waals surface area (Å²) in [5.41, 5.74) is 1.96. The summed E-state index contributed by atoms with van der Waals surface area (Å²) in [6.45, 7) is 2.29. The zero-order chi connectivity index (χ0) is 13.8. The number of carbonyl (C=O) groups is 1. The van der Waals surface area contributed by atoms with Gasteiger partial charge in [0.2, 0.25) is 0 Å². The molecule has 0 fully saturated rings. The first-order valence-electron chi connectivity index (χ1n) is 5.89. The second kappa shape index (κ2) is 5.48. The lowest BCUT2D eigenvalue weighted by atomic mass is 10.2. The molecule has 1 N–H and O–H groups in total. The number of amides is 1. The van der Waals surface area contributed by atoms with E-state index in [9.17, 15) is 9.90 Å². The molecule has 1 amide bonds. The van der Waals surface area contributed by atoms with Crippen LogP contribution in [0.15, 0.2) is 36.7 Å². The molecule has 2 rings (SSSR count). The van der Waals surface area contributed by atoms with Crippen LogP contribution in [0.25, 0.3) is 0 Å². The van der Waals surface area contributed by atoms with Crippen LogP contribution in [0.3, 0.4) is 0 Å². The number of rotatable bonds is 3. The number of hydrogen-bond acceptors (Lipinski definition) is 4. The van der Waals surface area contributed by atoms with Gasteiger partial charge in [-0.25, -0.2) is 0 Å². The second-order valence-electron chi connectivity index (χ2n) is 4.32. The van der Waals surface area contributed by atoms with E-state index in [4.69, 9.17) is 0 Å². The van der Waals surface area contributed by atoms with Crippen LogP contribution in [0.4, 0.5) is 0 Å². The third kappa shape index (κ3) is 3.07. The molecule has 2 heterocycles. The van der Waals surface area contributed by atoms with Gasteiger partial charge in [-0.2, -0.15) is 0 Å². The Morgan fingerprint density at radius 2 is 2.16 bits per heavy atom. The Bertz CT molecular complexity index is 599. The van der Waals surface area contributed by atoms with Crippen molar-refractivity contribution in [3.8, 4) is 5.75 Å². The Balaban J connectivity index is 2.14. The maximum atomic E-state index is 12.2. The summed E-state index contributed by atoms with van der Waals surface area (Å²) in [4.78, 5) is 21.8. The molecule has 0 radical (unpaired) electrons. The predicted molar refractivity (Wildman–Crippen MR) is 70.7 cm³/mol. The molecular formula is C14H15N3O2. The van der Waals surface area contributed by atoms with Gasteiger partial charge in [0.1, 0.15) is 5.75 Å². The lowest BCUT2D eigenvalue weighted by Crippen LogP contribution is -2.26. The maximum Gasteiger partial charge on any atom is 0.257 e. The molecular weight excluding hydrogens is 242 g/mol. The molecule has 19 heavy (non-hydrogen) atoms. The van der Waals surface area contributed by atoms with Crippen LogP contribution in [-0.4, -0.2) is 32.9 Å². The molecule has 0 atom stereocenters. The normalized spacial score (nSPS) is 10.2. The van der Waals surface area contributed by atoms with Gasteiger partial charge in [0.25, 0.3) is 5.91 Å². The zero-order valence-corrected chi connectivity index (χ0v) is 10.9. The lowest BCUT2D eigenvalue weighted by molar-refractivity contribution is 0.0780. The van der Waals surface area contributed by atoms with E-state index in [-0.39, 0.29) is 17.2 Å². The fourth-order valence-electron chi connectivity index (χ4n) is 1.77. The predicted octanol–water partition coefficient (Wildman–Crippen LogP) is 1.76. The van der Waals surface area contributed by atoms with Crippen LogP contribution < -0.4 is 0 Å². The highest BCUT2D eigenvalue weighted by molar-refractivity contribution is 5.96. The zero-order valence-electron chi connectivity index (χ0n) is 10.9. The highest BCUT2D eigenvalue weighted by atomic mass is 16.3. The molecule has 5 nitrogen and oxygen atoms in total. The average Bonchev–Trinajstić information content (AvgIpc) is 2.38. The molecule has 0 aromatic carbocycles. The summed E-state index contributed by atoms with van der Waals surface area (Å²) in [7, 11) is 1.67. The quantitative estimate of drug-likeness (QED) is 0.910. The average molecular weight is 257 g/mol. The fraction of sp³-hybridized carbons (Fsp3) is 0.214. The lowest BCUT2D eigenvalue weighted by Gasteiger charge is -2.17. The minimum absolute atomic E-state index is 0.114. The molecule has 98 valence electrons. The van der Waals surface area contributed by atoms with Gasteiger partial charge in [-0.15, -0.1) is 0 Å². The Kier molecular flexibility index (Phi) is 3.75. The van der Waals surface area contributed by atoms with E-state index in [0.717, 1.165) is 11.4 Å². The van der Waals surface area contributed by atoms with E-state index in [2.05, 4.69) is 9.97 Å². The SMILES string of the molecule is Cc1cccc(CN(C)C(=O)c2ccncc2O)n1. The second-order valence-corrected chi connectivity index (χ2v) is 4.32. The van der Waals surface area contributed by atoms with E-state index < -0.39 is 0 Å². The molecule has 0 unspecified atom stereocenters. The van der Waals surface area contributed by atoms with E-state index >= 15 is 0 Å². The smallest absolute Gasteiger partial charge is 0.257 e. The molecule has 2 aromatic heterocycles. The van der Waals surface area contributed by atoms with Gasteiger partial charge < -0.3 is 10.0 Å². The Morgan fingerprint density at radius 1 is 1.37 bits per heavy atom. The standard InChI is InChI=1S/C14H15N3O2/c1-10-4-3-5-11(16-10)9-17(2)14(19)12-6-7-15-8-13(12)18/h3-8,18H,9H2,1-2H3. The monoisotopic (exact) mass is 257 g/mol. The first-order valence-corrected chi connectivity index (χ1v) is 5.89. The first-order chi connectivity index (χ1) is 9.08. The van der Waals surface area contributed by atoms with Crippen molar-refractivity contribution in [3.05, 3.63) is 53.6 Å². The first kappa shape index (κ1) is 13.0. The van der Waals surface area contributed by atoms with Gasteiger partial charge in [0, 0.05) is 18.9 Å². The van der Waals surface area contributed by atoms with Crippen LogP contribution in [0.1, 0.15) is 21.7 Å². The Morgan fingerprint density at radius 3 is 2.84 bits per heavy atom. The van der Waals surface area contributed by atoms with Crippen molar-refractivity contribution in [3.63, 3.8) is 0 Å². The number of carbonyl (C=O) groups excluding carboxylic acids is 1. The Labute approximate surface area is 111 Å². The van der Waals surface area contributed by atoms with Crippen molar-refractivity contribution in [2.75, 3.05) is 7.05 Å². The maximum absolute atomic E-state index is 12.2. The Hall–Kier alpha value is -2.43. The molecule has 0 saturated carbocycles. The minimum atomic E-state index is -0.261. The number of aromatic hydroxyl groups is 1. The third-order valence-corrected chi connectivity index (χ3v) is 2.72. The third-order valence-electron chi connectivity index (χ3n) is 2.72. The van der Waals surface area contributed by atoms with Gasteiger partial charge in [0.05, 0.1) is 24.0 Å². The number of pyridine rings is 2. The highest BCUT2D eigenvalue weighted by Gasteiger charge is 2.16.